The molecule has 2 heterocycles. The smallest absolute Gasteiger partial charge is 0.246 e. The Morgan fingerprint density at radius 3 is 2.62 bits per heavy atom. The zero-order chi connectivity index (χ0) is 15.0. The third-order valence-corrected chi connectivity index (χ3v) is 5.32. The van der Waals surface area contributed by atoms with Crippen LogP contribution >= 0.6 is 0 Å². The van der Waals surface area contributed by atoms with Crippen LogP contribution in [0, 0.1) is 11.8 Å². The van der Waals surface area contributed by atoms with Gasteiger partial charge in [-0.3, -0.25) is 9.59 Å². The van der Waals surface area contributed by atoms with Gasteiger partial charge in [-0.15, -0.1) is 0 Å². The molecule has 1 saturated carbocycles. The Balaban J connectivity index is 1.87. The summed E-state index contributed by atoms with van der Waals surface area (Å²) in [5, 5.41) is 2.99. The summed E-state index contributed by atoms with van der Waals surface area (Å²) in [4.78, 5) is 27.6. The van der Waals surface area contributed by atoms with E-state index < -0.39 is 5.54 Å². The molecule has 2 saturated heterocycles. The molecule has 1 spiro atoms. The van der Waals surface area contributed by atoms with Gasteiger partial charge in [0.2, 0.25) is 11.8 Å². The van der Waals surface area contributed by atoms with E-state index >= 15 is 0 Å². The molecule has 3 aliphatic rings. The Hall–Kier alpha value is -1.10. The topological polar surface area (TPSA) is 58.6 Å². The van der Waals surface area contributed by atoms with Gasteiger partial charge in [0.1, 0.15) is 11.6 Å². The minimum absolute atomic E-state index is 0.0669. The van der Waals surface area contributed by atoms with Crippen LogP contribution in [0.3, 0.4) is 0 Å². The number of piperazine rings is 1. The molecule has 3 rings (SSSR count). The first-order chi connectivity index (χ1) is 10.0. The molecule has 118 valence electrons. The van der Waals surface area contributed by atoms with Gasteiger partial charge in [0.15, 0.2) is 0 Å². The van der Waals surface area contributed by atoms with Gasteiger partial charge in [-0.2, -0.15) is 0 Å². The van der Waals surface area contributed by atoms with Crippen molar-refractivity contribution in [2.75, 3.05) is 19.8 Å². The van der Waals surface area contributed by atoms with Crippen LogP contribution < -0.4 is 5.32 Å². The van der Waals surface area contributed by atoms with E-state index in [1.165, 1.54) is 0 Å². The van der Waals surface area contributed by atoms with Crippen molar-refractivity contribution in [1.29, 1.82) is 0 Å². The molecule has 0 radical (unpaired) electrons. The predicted octanol–water partition coefficient (Wildman–Crippen LogP) is 1.32. The highest BCUT2D eigenvalue weighted by Gasteiger charge is 2.54. The van der Waals surface area contributed by atoms with Crippen LogP contribution in [0.4, 0.5) is 0 Å². The second-order valence-corrected chi connectivity index (χ2v) is 7.11. The zero-order valence-corrected chi connectivity index (χ0v) is 13.1. The Labute approximate surface area is 126 Å². The maximum Gasteiger partial charge on any atom is 0.246 e. The molecule has 21 heavy (non-hydrogen) atoms. The normalized spacial score (nSPS) is 32.2. The van der Waals surface area contributed by atoms with Gasteiger partial charge >= 0.3 is 0 Å². The maximum atomic E-state index is 12.9. The Morgan fingerprint density at radius 2 is 2.05 bits per heavy atom. The average molecular weight is 294 g/mol. The molecule has 3 fully saturated rings. The Morgan fingerprint density at radius 1 is 1.33 bits per heavy atom. The number of hydrogen-bond donors (Lipinski definition) is 1. The third-order valence-electron chi connectivity index (χ3n) is 5.32. The monoisotopic (exact) mass is 294 g/mol. The van der Waals surface area contributed by atoms with Gasteiger partial charge in [0.05, 0.1) is 6.61 Å². The molecule has 2 amide bonds. The molecule has 0 aromatic heterocycles. The highest BCUT2D eigenvalue weighted by Crippen LogP contribution is 2.39. The van der Waals surface area contributed by atoms with Crippen LogP contribution in [0.1, 0.15) is 46.0 Å². The van der Waals surface area contributed by atoms with Crippen molar-refractivity contribution < 1.29 is 14.3 Å². The van der Waals surface area contributed by atoms with E-state index in [-0.39, 0.29) is 23.8 Å². The standard InChI is InChI=1S/C16H26N2O3/c1-11(2)13-14(19)18(9-12-5-8-21-10-12)16(15(20)17-13)6-3-4-7-16/h11-13H,3-10H2,1-2H3,(H,17,20). The minimum Gasteiger partial charge on any atom is -0.381 e. The van der Waals surface area contributed by atoms with Gasteiger partial charge in [0.25, 0.3) is 0 Å². The van der Waals surface area contributed by atoms with E-state index in [1.54, 1.807) is 0 Å². The van der Waals surface area contributed by atoms with Gasteiger partial charge in [-0.25, -0.2) is 0 Å². The van der Waals surface area contributed by atoms with Gasteiger partial charge in [0, 0.05) is 19.1 Å². The van der Waals surface area contributed by atoms with Crippen molar-refractivity contribution in [3.63, 3.8) is 0 Å². The lowest BCUT2D eigenvalue weighted by atomic mass is 9.86. The molecule has 1 N–H and O–H groups in total. The minimum atomic E-state index is -0.578. The van der Waals surface area contributed by atoms with E-state index in [0.29, 0.717) is 19.1 Å². The van der Waals surface area contributed by atoms with Crippen LogP contribution in [0.5, 0.6) is 0 Å². The lowest BCUT2D eigenvalue weighted by molar-refractivity contribution is -0.159. The zero-order valence-electron chi connectivity index (χ0n) is 13.1. The van der Waals surface area contributed by atoms with Crippen molar-refractivity contribution in [3.8, 4) is 0 Å². The van der Waals surface area contributed by atoms with Crippen LogP contribution in [0.25, 0.3) is 0 Å². The number of amides is 2. The third kappa shape index (κ3) is 2.45. The second kappa shape index (κ2) is 5.59. The van der Waals surface area contributed by atoms with Crippen molar-refractivity contribution >= 4 is 11.8 Å². The van der Waals surface area contributed by atoms with Crippen molar-refractivity contribution in [3.05, 3.63) is 0 Å². The molecule has 2 unspecified atom stereocenters. The molecule has 1 aliphatic carbocycles. The second-order valence-electron chi connectivity index (χ2n) is 7.11. The van der Waals surface area contributed by atoms with E-state index in [4.69, 9.17) is 4.74 Å². The lowest BCUT2D eigenvalue weighted by Crippen LogP contribution is -2.71. The van der Waals surface area contributed by atoms with Gasteiger partial charge < -0.3 is 15.0 Å². The van der Waals surface area contributed by atoms with Crippen LogP contribution in [-0.2, 0) is 14.3 Å². The number of ether oxygens (including phenoxy) is 1. The lowest BCUT2D eigenvalue weighted by Gasteiger charge is -2.48. The summed E-state index contributed by atoms with van der Waals surface area (Å²) in [5.41, 5.74) is -0.578. The fourth-order valence-corrected chi connectivity index (χ4v) is 4.00. The number of nitrogens with one attached hydrogen (secondary N) is 1. The van der Waals surface area contributed by atoms with Crippen LogP contribution in [0.15, 0.2) is 0 Å². The highest BCUT2D eigenvalue weighted by molar-refractivity contribution is 6.00. The molecule has 2 atom stereocenters. The molecular formula is C16H26N2O3. The first-order valence-electron chi connectivity index (χ1n) is 8.25. The first-order valence-corrected chi connectivity index (χ1v) is 8.25. The first kappa shape index (κ1) is 14.8. The molecule has 0 aromatic rings. The Bertz CT molecular complexity index is 423. The number of rotatable bonds is 3. The van der Waals surface area contributed by atoms with Crippen LogP contribution in [0.2, 0.25) is 0 Å². The fourth-order valence-electron chi connectivity index (χ4n) is 4.00. The van der Waals surface area contributed by atoms with Crippen molar-refractivity contribution in [2.24, 2.45) is 11.8 Å². The summed E-state index contributed by atoms with van der Waals surface area (Å²) in [6.45, 7) is 6.15. The van der Waals surface area contributed by atoms with E-state index in [1.807, 2.05) is 18.7 Å². The highest BCUT2D eigenvalue weighted by atomic mass is 16.5. The summed E-state index contributed by atoms with van der Waals surface area (Å²) >= 11 is 0. The maximum absolute atomic E-state index is 12.9. The number of nitrogens with zero attached hydrogens (tertiary/aromatic N) is 1. The van der Waals surface area contributed by atoms with Gasteiger partial charge in [-0.05, 0) is 25.2 Å². The van der Waals surface area contributed by atoms with Crippen molar-refractivity contribution in [2.45, 2.75) is 57.5 Å². The molecule has 5 heteroatoms. The van der Waals surface area contributed by atoms with E-state index in [0.717, 1.165) is 38.7 Å². The fraction of sp³-hybridized carbons (Fsp3) is 0.875. The van der Waals surface area contributed by atoms with Crippen molar-refractivity contribution in [1.82, 2.24) is 10.2 Å². The predicted molar refractivity (Wildman–Crippen MR) is 78.6 cm³/mol. The van der Waals surface area contributed by atoms with E-state index in [2.05, 4.69) is 5.32 Å². The van der Waals surface area contributed by atoms with E-state index in [9.17, 15) is 9.59 Å². The summed E-state index contributed by atoms with van der Waals surface area (Å²) < 4.78 is 5.45. The number of carbonyl (C=O) groups excluding carboxylic acids is 2. The summed E-state index contributed by atoms with van der Waals surface area (Å²) in [5.74, 6) is 0.684. The molecule has 0 bridgehead atoms. The Kier molecular flexibility index (Phi) is 3.95. The van der Waals surface area contributed by atoms with Crippen LogP contribution in [-0.4, -0.2) is 48.1 Å². The number of carbonyl (C=O) groups is 2. The molecular weight excluding hydrogens is 268 g/mol. The molecule has 0 aromatic carbocycles. The quantitative estimate of drug-likeness (QED) is 0.854. The number of hydrogen-bond acceptors (Lipinski definition) is 3. The average Bonchev–Trinajstić information content (AvgIpc) is 3.10. The molecule has 2 aliphatic heterocycles. The molecule has 5 nitrogen and oxygen atoms in total. The summed E-state index contributed by atoms with van der Waals surface area (Å²) in [6, 6.07) is -0.369. The summed E-state index contributed by atoms with van der Waals surface area (Å²) in [7, 11) is 0. The van der Waals surface area contributed by atoms with Gasteiger partial charge in [-0.1, -0.05) is 26.7 Å². The largest absolute Gasteiger partial charge is 0.381 e. The SMILES string of the molecule is CC(C)C1NC(=O)C2(CCCC2)N(CC2CCOC2)C1=O. The summed E-state index contributed by atoms with van der Waals surface area (Å²) in [6.07, 6.45) is 4.68.